The number of rotatable bonds is 11. The lowest BCUT2D eigenvalue weighted by Gasteiger charge is -2.32. The number of hydrogen-bond acceptors (Lipinski definition) is 2. The van der Waals surface area contributed by atoms with E-state index in [-0.39, 0.29) is 18.2 Å². The molecule has 4 heteroatoms. The van der Waals surface area contributed by atoms with Gasteiger partial charge in [0.15, 0.2) is 0 Å². The molecule has 0 saturated heterocycles. The van der Waals surface area contributed by atoms with E-state index in [2.05, 4.69) is 12.2 Å². The average molecular weight is 443 g/mol. The molecule has 33 heavy (non-hydrogen) atoms. The second kappa shape index (κ2) is 12.6. The normalized spacial score (nSPS) is 11.6. The number of aryl methyl sites for hydroxylation is 1. The van der Waals surface area contributed by atoms with Crippen molar-refractivity contribution in [2.24, 2.45) is 0 Å². The molecule has 3 aromatic carbocycles. The highest BCUT2D eigenvalue weighted by atomic mass is 16.2. The molecule has 2 amide bonds. The molecule has 0 radical (unpaired) electrons. The Hall–Kier alpha value is -3.40. The molecule has 1 N–H and O–H groups in total. The number of benzene rings is 3. The highest BCUT2D eigenvalue weighted by molar-refractivity contribution is 5.89. The lowest BCUT2D eigenvalue weighted by Crippen LogP contribution is -2.51. The first kappa shape index (κ1) is 24.2. The van der Waals surface area contributed by atoms with Gasteiger partial charge in [-0.2, -0.15) is 0 Å². The van der Waals surface area contributed by atoms with Crippen LogP contribution in [0.25, 0.3) is 0 Å². The van der Waals surface area contributed by atoms with Crippen LogP contribution in [0.2, 0.25) is 0 Å². The van der Waals surface area contributed by atoms with Gasteiger partial charge in [-0.15, -0.1) is 0 Å². The summed E-state index contributed by atoms with van der Waals surface area (Å²) in [7, 11) is 0. The molecule has 3 aromatic rings. The van der Waals surface area contributed by atoms with Crippen LogP contribution in [0, 0.1) is 6.92 Å². The summed E-state index contributed by atoms with van der Waals surface area (Å²) in [5.41, 5.74) is 4.12. The minimum Gasteiger partial charge on any atom is -0.354 e. The summed E-state index contributed by atoms with van der Waals surface area (Å²) in [4.78, 5) is 28.8. The van der Waals surface area contributed by atoms with E-state index >= 15 is 0 Å². The number of nitrogens with zero attached hydrogens (tertiary/aromatic N) is 1. The van der Waals surface area contributed by atoms with E-state index in [1.807, 2.05) is 91.9 Å². The first-order chi connectivity index (χ1) is 16.1. The second-order valence-corrected chi connectivity index (χ2v) is 8.46. The molecule has 4 nitrogen and oxygen atoms in total. The lowest BCUT2D eigenvalue weighted by molar-refractivity contribution is -0.140. The van der Waals surface area contributed by atoms with Crippen molar-refractivity contribution < 1.29 is 9.59 Å². The molecule has 172 valence electrons. The Morgan fingerprint density at radius 3 is 2.09 bits per heavy atom. The van der Waals surface area contributed by atoms with Crippen LogP contribution in [0.15, 0.2) is 84.9 Å². The van der Waals surface area contributed by atoms with Crippen molar-refractivity contribution in [1.82, 2.24) is 10.2 Å². The number of amides is 2. The molecule has 0 aliphatic rings. The third-order valence-corrected chi connectivity index (χ3v) is 5.90. The summed E-state index contributed by atoms with van der Waals surface area (Å²) in [5, 5.41) is 3.07. The van der Waals surface area contributed by atoms with Crippen LogP contribution in [0.1, 0.15) is 42.0 Å². The molecule has 0 unspecified atom stereocenters. The van der Waals surface area contributed by atoms with Crippen molar-refractivity contribution in [3.8, 4) is 0 Å². The summed E-state index contributed by atoms with van der Waals surface area (Å²) >= 11 is 0. The Balaban J connectivity index is 1.92. The van der Waals surface area contributed by atoms with Gasteiger partial charge in [0.2, 0.25) is 11.8 Å². The van der Waals surface area contributed by atoms with E-state index in [1.54, 1.807) is 4.90 Å². The molecular formula is C29H34N2O2. The van der Waals surface area contributed by atoms with Crippen molar-refractivity contribution >= 4 is 11.8 Å². The Morgan fingerprint density at radius 2 is 1.45 bits per heavy atom. The van der Waals surface area contributed by atoms with Crippen LogP contribution >= 0.6 is 0 Å². The third-order valence-electron chi connectivity index (χ3n) is 5.90. The van der Waals surface area contributed by atoms with E-state index in [0.717, 1.165) is 35.1 Å². The van der Waals surface area contributed by atoms with Crippen LogP contribution in [-0.2, 0) is 29.0 Å². The van der Waals surface area contributed by atoms with E-state index in [4.69, 9.17) is 0 Å². The van der Waals surface area contributed by atoms with Crippen LogP contribution in [0.4, 0.5) is 0 Å². The average Bonchev–Trinajstić information content (AvgIpc) is 2.84. The van der Waals surface area contributed by atoms with Crippen LogP contribution < -0.4 is 5.32 Å². The predicted molar refractivity (Wildman–Crippen MR) is 134 cm³/mol. The maximum atomic E-state index is 13.7. The maximum Gasteiger partial charge on any atom is 0.243 e. The van der Waals surface area contributed by atoms with Crippen molar-refractivity contribution in [2.45, 2.75) is 52.1 Å². The number of hydrogen-bond donors (Lipinski definition) is 1. The zero-order valence-electron chi connectivity index (χ0n) is 19.7. The highest BCUT2D eigenvalue weighted by Crippen LogP contribution is 2.17. The first-order valence-electron chi connectivity index (χ1n) is 11.8. The van der Waals surface area contributed by atoms with E-state index in [9.17, 15) is 9.59 Å². The van der Waals surface area contributed by atoms with Crippen LogP contribution in [0.3, 0.4) is 0 Å². The van der Waals surface area contributed by atoms with Gasteiger partial charge in [-0.05, 0) is 35.6 Å². The van der Waals surface area contributed by atoms with E-state index in [0.29, 0.717) is 19.5 Å². The summed E-state index contributed by atoms with van der Waals surface area (Å²) in [5.74, 6) is -0.138. The molecule has 0 aliphatic carbocycles. The summed E-state index contributed by atoms with van der Waals surface area (Å²) in [6, 6.07) is 27.2. The van der Waals surface area contributed by atoms with Gasteiger partial charge in [-0.1, -0.05) is 98.3 Å². The van der Waals surface area contributed by atoms with Gasteiger partial charge < -0.3 is 10.2 Å². The molecule has 0 fully saturated rings. The molecule has 0 heterocycles. The van der Waals surface area contributed by atoms with Crippen molar-refractivity contribution in [3.63, 3.8) is 0 Å². The zero-order chi connectivity index (χ0) is 23.5. The Morgan fingerprint density at radius 1 is 0.848 bits per heavy atom. The van der Waals surface area contributed by atoms with Gasteiger partial charge >= 0.3 is 0 Å². The molecule has 0 aromatic heterocycles. The molecule has 0 bridgehead atoms. The van der Waals surface area contributed by atoms with E-state index in [1.165, 1.54) is 0 Å². The quantitative estimate of drug-likeness (QED) is 0.420. The van der Waals surface area contributed by atoms with Crippen molar-refractivity contribution in [2.75, 3.05) is 6.54 Å². The van der Waals surface area contributed by atoms with Gasteiger partial charge in [-0.25, -0.2) is 0 Å². The lowest BCUT2D eigenvalue weighted by atomic mass is 10.00. The minimum atomic E-state index is -0.582. The fourth-order valence-corrected chi connectivity index (χ4v) is 3.91. The second-order valence-electron chi connectivity index (χ2n) is 8.46. The van der Waals surface area contributed by atoms with Crippen molar-refractivity contribution in [3.05, 3.63) is 107 Å². The highest BCUT2D eigenvalue weighted by Gasteiger charge is 2.30. The van der Waals surface area contributed by atoms with Crippen LogP contribution in [-0.4, -0.2) is 29.3 Å². The smallest absolute Gasteiger partial charge is 0.243 e. The maximum absolute atomic E-state index is 13.7. The van der Waals surface area contributed by atoms with Gasteiger partial charge in [0.05, 0.1) is 6.42 Å². The van der Waals surface area contributed by atoms with Gasteiger partial charge in [0.25, 0.3) is 0 Å². The summed E-state index contributed by atoms with van der Waals surface area (Å²) < 4.78 is 0. The molecule has 0 aliphatic heterocycles. The minimum absolute atomic E-state index is 0.0419. The monoisotopic (exact) mass is 442 g/mol. The molecule has 0 saturated carbocycles. The molecule has 3 rings (SSSR count). The van der Waals surface area contributed by atoms with Crippen molar-refractivity contribution in [1.29, 1.82) is 0 Å². The van der Waals surface area contributed by atoms with Crippen LogP contribution in [0.5, 0.6) is 0 Å². The Kier molecular flexibility index (Phi) is 9.25. The predicted octanol–water partition coefficient (Wildman–Crippen LogP) is 5.09. The fraction of sp³-hybridized carbons (Fsp3) is 0.310. The van der Waals surface area contributed by atoms with Gasteiger partial charge in [-0.3, -0.25) is 9.59 Å². The topological polar surface area (TPSA) is 49.4 Å². The Labute approximate surface area is 197 Å². The standard InChI is InChI=1S/C29H34N2O2/c1-3-4-19-30-29(33)27(20-24-14-7-5-8-15-24)31(22-25-16-9-6-10-17-25)28(32)21-26-18-12-11-13-23(26)2/h5-18,27H,3-4,19-22H2,1-2H3,(H,30,33)/t27-/m0/s1. The molecular weight excluding hydrogens is 408 g/mol. The number of carbonyl (C=O) groups excluding carboxylic acids is 2. The van der Waals surface area contributed by atoms with Gasteiger partial charge in [0, 0.05) is 19.5 Å². The summed E-state index contributed by atoms with van der Waals surface area (Å²) in [6.45, 7) is 5.13. The number of carbonyl (C=O) groups is 2. The summed E-state index contributed by atoms with van der Waals surface area (Å²) in [6.07, 6.45) is 2.67. The molecule has 1 atom stereocenters. The SMILES string of the molecule is CCCCNC(=O)[C@H](Cc1ccccc1)N(Cc1ccccc1)C(=O)Cc1ccccc1C. The first-order valence-corrected chi connectivity index (χ1v) is 11.8. The Bertz CT molecular complexity index is 1020. The van der Waals surface area contributed by atoms with E-state index < -0.39 is 6.04 Å². The zero-order valence-corrected chi connectivity index (χ0v) is 19.7. The van der Waals surface area contributed by atoms with Gasteiger partial charge in [0.1, 0.15) is 6.04 Å². The fourth-order valence-electron chi connectivity index (χ4n) is 3.91. The third kappa shape index (κ3) is 7.31. The molecule has 0 spiro atoms. The number of unbranched alkanes of at least 4 members (excludes halogenated alkanes) is 1. The largest absolute Gasteiger partial charge is 0.354 e. The number of nitrogens with one attached hydrogen (secondary N) is 1.